The minimum atomic E-state index is -0.991. The number of rotatable bonds is 9. The summed E-state index contributed by atoms with van der Waals surface area (Å²) in [6.07, 6.45) is 3.39. The molecule has 7 heteroatoms. The molecule has 2 aromatic carbocycles. The maximum absolute atomic E-state index is 14.1. The first-order valence-corrected chi connectivity index (χ1v) is 11.8. The van der Waals surface area contributed by atoms with Gasteiger partial charge in [-0.15, -0.1) is 0 Å². The highest BCUT2D eigenvalue weighted by Gasteiger charge is 2.40. The summed E-state index contributed by atoms with van der Waals surface area (Å²) in [6.45, 7) is 11.4. The molecule has 0 aliphatic heterocycles. The van der Waals surface area contributed by atoms with Crippen molar-refractivity contribution in [3.8, 4) is 5.75 Å². The highest BCUT2D eigenvalue weighted by Crippen LogP contribution is 2.30. The lowest BCUT2D eigenvalue weighted by atomic mass is 9.86. The van der Waals surface area contributed by atoms with Crippen LogP contribution in [0.2, 0.25) is 0 Å². The summed E-state index contributed by atoms with van der Waals surface area (Å²) in [5, 5.41) is 3.27. The predicted molar refractivity (Wildman–Crippen MR) is 137 cm³/mol. The number of carbonyl (C=O) groups is 2. The third kappa shape index (κ3) is 6.50. The molecule has 3 rings (SSSR count). The number of anilines is 1. The van der Waals surface area contributed by atoms with Crippen molar-refractivity contribution >= 4 is 17.4 Å². The van der Waals surface area contributed by atoms with Gasteiger partial charge in [-0.3, -0.25) is 4.79 Å². The summed E-state index contributed by atoms with van der Waals surface area (Å²) in [6, 6.07) is 13.9. The number of esters is 1. The molecule has 7 nitrogen and oxygen atoms in total. The van der Waals surface area contributed by atoms with Crippen LogP contribution in [0.3, 0.4) is 0 Å². The number of benzene rings is 2. The summed E-state index contributed by atoms with van der Waals surface area (Å²) in [7, 11) is 1.59. The highest BCUT2D eigenvalue weighted by atomic mass is 16.6. The zero-order valence-electron chi connectivity index (χ0n) is 21.5. The van der Waals surface area contributed by atoms with Crippen molar-refractivity contribution in [3.63, 3.8) is 0 Å². The molecule has 35 heavy (non-hydrogen) atoms. The number of carbonyl (C=O) groups excluding carboxylic acids is 2. The maximum Gasteiger partial charge on any atom is 0.330 e. The summed E-state index contributed by atoms with van der Waals surface area (Å²) in [5.41, 5.74) is 1.70. The molecule has 186 valence electrons. The fraction of sp³-hybridized carbons (Fsp3) is 0.393. The third-order valence-corrected chi connectivity index (χ3v) is 5.57. The quantitative estimate of drug-likeness (QED) is 0.320. The Bertz CT molecular complexity index is 1140. The molecule has 0 fully saturated rings. The fourth-order valence-electron chi connectivity index (χ4n) is 3.84. The van der Waals surface area contributed by atoms with Crippen LogP contribution in [-0.4, -0.2) is 40.1 Å². The number of methoxy groups -OCH3 is 1. The van der Waals surface area contributed by atoms with Gasteiger partial charge in [-0.05, 0) is 71.4 Å². The molecule has 0 radical (unpaired) electrons. The Morgan fingerprint density at radius 2 is 1.63 bits per heavy atom. The van der Waals surface area contributed by atoms with Gasteiger partial charge in [-0.1, -0.05) is 29.8 Å². The summed E-state index contributed by atoms with van der Waals surface area (Å²) < 4.78 is 12.9. The third-order valence-electron chi connectivity index (χ3n) is 5.57. The minimum absolute atomic E-state index is 0.0321. The molecular weight excluding hydrogens is 442 g/mol. The summed E-state index contributed by atoms with van der Waals surface area (Å²) >= 11 is 0. The van der Waals surface area contributed by atoms with Crippen LogP contribution in [0.15, 0.2) is 60.9 Å². The van der Waals surface area contributed by atoms with E-state index in [2.05, 4.69) is 10.3 Å². The molecule has 0 saturated heterocycles. The van der Waals surface area contributed by atoms with Gasteiger partial charge in [-0.2, -0.15) is 0 Å². The average molecular weight is 478 g/mol. The molecular formula is C28H35N3O4. The number of nitrogens with one attached hydrogen (secondary N) is 1. The maximum atomic E-state index is 14.1. The second kappa shape index (κ2) is 10.8. The molecule has 1 N–H and O–H groups in total. The Kier molecular flexibility index (Phi) is 7.99. The minimum Gasteiger partial charge on any atom is -0.497 e. The van der Waals surface area contributed by atoms with Crippen molar-refractivity contribution in [1.29, 1.82) is 0 Å². The number of aromatic nitrogens is 2. The first-order chi connectivity index (χ1) is 16.5. The molecule has 2 atom stereocenters. The van der Waals surface area contributed by atoms with E-state index in [0.717, 1.165) is 5.56 Å². The smallest absolute Gasteiger partial charge is 0.330 e. The Balaban J connectivity index is 2.13. The van der Waals surface area contributed by atoms with Crippen LogP contribution in [0.1, 0.15) is 68.3 Å². The largest absolute Gasteiger partial charge is 0.497 e. The van der Waals surface area contributed by atoms with Gasteiger partial charge in [0.25, 0.3) is 0 Å². The number of imidazole rings is 1. The van der Waals surface area contributed by atoms with Crippen molar-refractivity contribution in [1.82, 2.24) is 9.55 Å². The van der Waals surface area contributed by atoms with Gasteiger partial charge >= 0.3 is 5.97 Å². The second-order valence-corrected chi connectivity index (χ2v) is 9.89. The van der Waals surface area contributed by atoms with Gasteiger partial charge in [0.1, 0.15) is 17.4 Å². The second-order valence-electron chi connectivity index (χ2n) is 9.89. The number of hydrogen-bond donors (Lipinski definition) is 1. The van der Waals surface area contributed by atoms with Crippen LogP contribution in [-0.2, 0) is 9.53 Å². The summed E-state index contributed by atoms with van der Waals surface area (Å²) in [4.78, 5) is 32.0. The van der Waals surface area contributed by atoms with E-state index in [0.29, 0.717) is 22.8 Å². The molecule has 0 spiro atoms. The first kappa shape index (κ1) is 26.0. The van der Waals surface area contributed by atoms with E-state index < -0.39 is 23.5 Å². The Morgan fingerprint density at radius 3 is 2.17 bits per heavy atom. The highest BCUT2D eigenvalue weighted by molar-refractivity contribution is 6.03. The van der Waals surface area contributed by atoms with Crippen molar-refractivity contribution in [2.75, 3.05) is 12.4 Å². The molecule has 3 aromatic rings. The van der Waals surface area contributed by atoms with Crippen LogP contribution in [0.25, 0.3) is 0 Å². The van der Waals surface area contributed by atoms with Gasteiger partial charge in [0.05, 0.1) is 13.0 Å². The topological polar surface area (TPSA) is 82.4 Å². The van der Waals surface area contributed by atoms with Crippen molar-refractivity contribution in [3.05, 3.63) is 77.9 Å². The van der Waals surface area contributed by atoms with Crippen molar-refractivity contribution in [2.24, 2.45) is 0 Å². The van der Waals surface area contributed by atoms with E-state index in [9.17, 15) is 9.59 Å². The number of Topliss-reactive ketones (excluding diaryl/α,β-unsaturated/α-hetero) is 1. The molecule has 0 saturated carbocycles. The van der Waals surface area contributed by atoms with E-state index in [1.807, 2.05) is 82.5 Å². The normalized spacial score (nSPS) is 13.3. The number of nitrogens with zero attached hydrogens (tertiary/aromatic N) is 2. The number of aryl methyl sites for hydroxylation is 1. The Morgan fingerprint density at radius 1 is 1.00 bits per heavy atom. The van der Waals surface area contributed by atoms with Crippen LogP contribution in [0, 0.1) is 6.92 Å². The lowest BCUT2D eigenvalue weighted by Gasteiger charge is -2.30. The van der Waals surface area contributed by atoms with Gasteiger partial charge in [-0.25, -0.2) is 9.78 Å². The summed E-state index contributed by atoms with van der Waals surface area (Å²) in [5.74, 6) is -0.656. The molecule has 0 aliphatic carbocycles. The zero-order valence-corrected chi connectivity index (χ0v) is 21.5. The van der Waals surface area contributed by atoms with Crippen LogP contribution >= 0.6 is 0 Å². The van der Waals surface area contributed by atoms with Crippen LogP contribution in [0.5, 0.6) is 5.75 Å². The van der Waals surface area contributed by atoms with Crippen molar-refractivity contribution < 1.29 is 19.1 Å². The standard InChI is InChI=1S/C28H35N3O4/c1-18(2)31-17-16-29-26(31)25(32)23(20-10-8-19(3)9-11-20)24(27(33)35-28(4,5)6)30-21-12-14-22(34-7)15-13-21/h8-18,23-24,30H,1-7H3/t23-,24-/m0/s1. The first-order valence-electron chi connectivity index (χ1n) is 11.8. The molecule has 0 bridgehead atoms. The van der Waals surface area contributed by atoms with Crippen molar-refractivity contribution in [2.45, 2.75) is 65.1 Å². The molecule has 0 aliphatic rings. The van der Waals surface area contributed by atoms with E-state index in [-0.39, 0.29) is 11.8 Å². The monoisotopic (exact) mass is 477 g/mol. The number of ether oxygens (including phenoxy) is 2. The number of hydrogen-bond acceptors (Lipinski definition) is 6. The Labute approximate surface area is 207 Å². The van der Waals surface area contributed by atoms with E-state index >= 15 is 0 Å². The number of ketones is 1. The van der Waals surface area contributed by atoms with Crippen LogP contribution < -0.4 is 10.1 Å². The van der Waals surface area contributed by atoms with Crippen LogP contribution in [0.4, 0.5) is 5.69 Å². The lowest BCUT2D eigenvalue weighted by molar-refractivity contribution is -0.156. The Hall–Kier alpha value is -3.61. The molecule has 0 amide bonds. The SMILES string of the molecule is COc1ccc(N[C@H](C(=O)OC(C)(C)C)[C@@H](C(=O)c2nccn2C(C)C)c2ccc(C)cc2)cc1. The van der Waals surface area contributed by atoms with E-state index in [1.165, 1.54) is 0 Å². The van der Waals surface area contributed by atoms with Gasteiger partial charge in [0.2, 0.25) is 5.78 Å². The average Bonchev–Trinajstić information content (AvgIpc) is 3.29. The van der Waals surface area contributed by atoms with Gasteiger partial charge < -0.3 is 19.4 Å². The molecule has 1 aromatic heterocycles. The lowest BCUT2D eigenvalue weighted by Crippen LogP contribution is -2.44. The zero-order chi connectivity index (χ0) is 25.8. The van der Waals surface area contributed by atoms with Gasteiger partial charge in [0, 0.05) is 24.1 Å². The fourth-order valence-corrected chi connectivity index (χ4v) is 3.84. The van der Waals surface area contributed by atoms with E-state index in [1.54, 1.807) is 31.6 Å². The van der Waals surface area contributed by atoms with E-state index in [4.69, 9.17) is 9.47 Å². The molecule has 1 heterocycles. The molecule has 0 unspecified atom stereocenters. The predicted octanol–water partition coefficient (Wildman–Crippen LogP) is 5.57. The van der Waals surface area contributed by atoms with Gasteiger partial charge in [0.15, 0.2) is 5.82 Å².